The molecule has 10 heteroatoms. The summed E-state index contributed by atoms with van der Waals surface area (Å²) < 4.78 is 25.6. The number of rotatable bonds is 11. The summed E-state index contributed by atoms with van der Waals surface area (Å²) in [5, 5.41) is 14.6. The van der Waals surface area contributed by atoms with E-state index in [0.717, 1.165) is 16.3 Å². The highest BCUT2D eigenvalue weighted by Crippen LogP contribution is 2.29. The molecule has 0 aliphatic heterocycles. The van der Waals surface area contributed by atoms with Gasteiger partial charge in [0.05, 0.1) is 16.9 Å². The maximum atomic E-state index is 12.2. The van der Waals surface area contributed by atoms with Crippen LogP contribution in [0.15, 0.2) is 18.2 Å². The Labute approximate surface area is 176 Å². The van der Waals surface area contributed by atoms with Crippen LogP contribution < -0.4 is 9.62 Å². The molecule has 162 valence electrons. The number of benzene rings is 1. The normalized spacial score (nSPS) is 14.7. The molecule has 0 bridgehead atoms. The van der Waals surface area contributed by atoms with Gasteiger partial charge in [0.1, 0.15) is 0 Å². The Bertz CT molecular complexity index is 823. The van der Waals surface area contributed by atoms with Crippen molar-refractivity contribution >= 4 is 39.1 Å². The molecule has 1 amide bonds. The Kier molecular flexibility index (Phi) is 8.76. The maximum absolute atomic E-state index is 12.2. The van der Waals surface area contributed by atoms with E-state index in [1.165, 1.54) is 43.9 Å². The number of amides is 1. The molecule has 0 atom stereocenters. The van der Waals surface area contributed by atoms with E-state index in [0.29, 0.717) is 23.8 Å². The van der Waals surface area contributed by atoms with Crippen LogP contribution in [0.5, 0.6) is 0 Å². The molecule has 0 unspecified atom stereocenters. The number of anilines is 1. The molecule has 0 spiro atoms. The molecule has 1 aromatic carbocycles. The van der Waals surface area contributed by atoms with Crippen LogP contribution in [0, 0.1) is 17.0 Å². The fourth-order valence-corrected chi connectivity index (χ4v) is 5.62. The first-order valence-corrected chi connectivity index (χ1v) is 12.7. The second kappa shape index (κ2) is 10.8. The summed E-state index contributed by atoms with van der Waals surface area (Å²) in [6, 6.07) is 4.13. The molecule has 1 N–H and O–H groups in total. The van der Waals surface area contributed by atoms with Gasteiger partial charge in [-0.25, -0.2) is 8.42 Å². The Hall–Kier alpha value is -1.81. The number of hydrogen-bond acceptors (Lipinski definition) is 6. The molecule has 1 fully saturated rings. The monoisotopic (exact) mass is 443 g/mol. The summed E-state index contributed by atoms with van der Waals surface area (Å²) in [6.07, 6.45) is 6.71. The van der Waals surface area contributed by atoms with Crippen molar-refractivity contribution in [3.8, 4) is 0 Å². The third-order valence-corrected chi connectivity index (χ3v) is 7.48. The molecule has 1 saturated carbocycles. The van der Waals surface area contributed by atoms with Gasteiger partial charge in [-0.3, -0.25) is 19.2 Å². The molecular formula is C19H29N3O5S2. The highest BCUT2D eigenvalue weighted by atomic mass is 32.2. The van der Waals surface area contributed by atoms with Crippen molar-refractivity contribution in [2.75, 3.05) is 29.4 Å². The lowest BCUT2D eigenvalue weighted by Gasteiger charge is -2.24. The van der Waals surface area contributed by atoms with E-state index in [1.807, 2.05) is 11.8 Å². The van der Waals surface area contributed by atoms with Crippen LogP contribution in [0.25, 0.3) is 0 Å². The zero-order valence-electron chi connectivity index (χ0n) is 16.9. The lowest BCUT2D eigenvalue weighted by atomic mass is 10.1. The Morgan fingerprint density at radius 2 is 2.03 bits per heavy atom. The number of carbonyl (C=O) groups is 1. The molecule has 0 heterocycles. The summed E-state index contributed by atoms with van der Waals surface area (Å²) >= 11 is 1.90. The number of hydrogen-bond donors (Lipinski definition) is 1. The van der Waals surface area contributed by atoms with Crippen molar-refractivity contribution < 1.29 is 18.1 Å². The fraction of sp³-hybridized carbons (Fsp3) is 0.632. The van der Waals surface area contributed by atoms with Crippen molar-refractivity contribution in [2.45, 2.75) is 50.7 Å². The largest absolute Gasteiger partial charge is 0.355 e. The second-order valence-corrected chi connectivity index (χ2v) is 10.6. The zero-order valence-corrected chi connectivity index (χ0v) is 18.6. The number of nitrogens with one attached hydrogen (secondary N) is 1. The number of nitrogens with zero attached hydrogens (tertiary/aromatic N) is 2. The molecule has 1 aromatic rings. The van der Waals surface area contributed by atoms with Gasteiger partial charge in [-0.15, -0.1) is 0 Å². The molecule has 1 aliphatic carbocycles. The van der Waals surface area contributed by atoms with Crippen LogP contribution in [0.2, 0.25) is 0 Å². The van der Waals surface area contributed by atoms with E-state index in [1.54, 1.807) is 6.92 Å². The van der Waals surface area contributed by atoms with Crippen molar-refractivity contribution in [2.24, 2.45) is 0 Å². The zero-order chi connectivity index (χ0) is 21.4. The van der Waals surface area contributed by atoms with Crippen molar-refractivity contribution in [1.29, 1.82) is 0 Å². The maximum Gasteiger partial charge on any atom is 0.271 e. The van der Waals surface area contributed by atoms with Gasteiger partial charge >= 0.3 is 0 Å². The molecule has 2 rings (SSSR count). The Morgan fingerprint density at radius 3 is 2.66 bits per heavy atom. The lowest BCUT2D eigenvalue weighted by Crippen LogP contribution is -2.33. The van der Waals surface area contributed by atoms with Gasteiger partial charge in [-0.2, -0.15) is 11.8 Å². The second-order valence-electron chi connectivity index (χ2n) is 7.29. The number of non-ortho nitro benzene ring substituents is 1. The molecule has 8 nitrogen and oxygen atoms in total. The lowest BCUT2D eigenvalue weighted by molar-refractivity contribution is -0.384. The minimum atomic E-state index is -3.64. The van der Waals surface area contributed by atoms with Crippen LogP contribution in [0.3, 0.4) is 0 Å². The van der Waals surface area contributed by atoms with Gasteiger partial charge in [-0.1, -0.05) is 18.9 Å². The predicted molar refractivity (Wildman–Crippen MR) is 117 cm³/mol. The third kappa shape index (κ3) is 7.50. The molecule has 1 aliphatic rings. The topological polar surface area (TPSA) is 110 Å². The molecule has 29 heavy (non-hydrogen) atoms. The van der Waals surface area contributed by atoms with Crippen LogP contribution in [0.1, 0.15) is 44.1 Å². The van der Waals surface area contributed by atoms with E-state index in [4.69, 9.17) is 0 Å². The van der Waals surface area contributed by atoms with Gasteiger partial charge in [0, 0.05) is 42.6 Å². The number of nitro benzene ring substituents is 1. The van der Waals surface area contributed by atoms with Crippen molar-refractivity contribution in [3.05, 3.63) is 33.9 Å². The first-order chi connectivity index (χ1) is 13.7. The predicted octanol–water partition coefficient (Wildman–Crippen LogP) is 3.24. The van der Waals surface area contributed by atoms with Gasteiger partial charge < -0.3 is 5.32 Å². The number of carbonyl (C=O) groups excluding carboxylic acids is 1. The van der Waals surface area contributed by atoms with Gasteiger partial charge in [-0.05, 0) is 31.7 Å². The number of thioether (sulfide) groups is 1. The summed E-state index contributed by atoms with van der Waals surface area (Å²) in [7, 11) is -3.64. The molecule has 0 radical (unpaired) electrons. The quantitative estimate of drug-likeness (QED) is 0.319. The number of aryl methyl sites for hydroxylation is 1. The van der Waals surface area contributed by atoms with Crippen LogP contribution in [-0.4, -0.2) is 49.6 Å². The average Bonchev–Trinajstić information content (AvgIpc) is 3.15. The van der Waals surface area contributed by atoms with E-state index >= 15 is 0 Å². The van der Waals surface area contributed by atoms with Gasteiger partial charge in [0.15, 0.2) is 0 Å². The van der Waals surface area contributed by atoms with Crippen molar-refractivity contribution in [1.82, 2.24) is 5.32 Å². The summed E-state index contributed by atoms with van der Waals surface area (Å²) in [5.41, 5.74) is 0.723. The molecule has 0 aromatic heterocycles. The Morgan fingerprint density at radius 1 is 1.34 bits per heavy atom. The van der Waals surface area contributed by atoms with E-state index < -0.39 is 14.9 Å². The standard InChI is InChI=1S/C19H29N3O5S2/c1-15-9-10-16(22(24)25)14-18(15)21(29(2,26)27)12-5-8-19(23)20-11-13-28-17-6-3-4-7-17/h9-10,14,17H,3-8,11-13H2,1-2H3,(H,20,23). The molecular weight excluding hydrogens is 414 g/mol. The van der Waals surface area contributed by atoms with Crippen LogP contribution in [0.4, 0.5) is 11.4 Å². The van der Waals surface area contributed by atoms with E-state index in [-0.39, 0.29) is 30.2 Å². The number of sulfonamides is 1. The average molecular weight is 444 g/mol. The third-order valence-electron chi connectivity index (χ3n) is 4.92. The minimum Gasteiger partial charge on any atom is -0.355 e. The van der Waals surface area contributed by atoms with E-state index in [9.17, 15) is 23.3 Å². The summed E-state index contributed by atoms with van der Waals surface area (Å²) in [4.78, 5) is 22.5. The van der Waals surface area contributed by atoms with Gasteiger partial charge in [0.2, 0.25) is 15.9 Å². The highest BCUT2D eigenvalue weighted by molar-refractivity contribution is 7.99. The van der Waals surface area contributed by atoms with Crippen LogP contribution >= 0.6 is 11.8 Å². The number of nitro groups is 1. The van der Waals surface area contributed by atoms with Gasteiger partial charge in [0.25, 0.3) is 5.69 Å². The first-order valence-electron chi connectivity index (χ1n) is 9.79. The minimum absolute atomic E-state index is 0.0884. The summed E-state index contributed by atoms with van der Waals surface area (Å²) in [5.74, 6) is 0.778. The smallest absolute Gasteiger partial charge is 0.271 e. The SMILES string of the molecule is Cc1ccc([N+](=O)[O-])cc1N(CCCC(=O)NCCSC1CCCC1)S(C)(=O)=O. The van der Waals surface area contributed by atoms with E-state index in [2.05, 4.69) is 5.32 Å². The van der Waals surface area contributed by atoms with Crippen molar-refractivity contribution in [3.63, 3.8) is 0 Å². The highest BCUT2D eigenvalue weighted by Gasteiger charge is 2.22. The van der Waals surface area contributed by atoms with Crippen LogP contribution in [-0.2, 0) is 14.8 Å². The fourth-order valence-electron chi connectivity index (χ4n) is 3.39. The Balaban J connectivity index is 1.86. The molecule has 0 saturated heterocycles. The summed E-state index contributed by atoms with van der Waals surface area (Å²) in [6.45, 7) is 2.40. The first kappa shape index (κ1) is 23.5.